The number of fused-ring (bicyclic) bond motifs is 1. The molecule has 2 aromatic rings. The Morgan fingerprint density at radius 1 is 1.18 bits per heavy atom. The highest BCUT2D eigenvalue weighted by atomic mass is 79.9. The van der Waals surface area contributed by atoms with Gasteiger partial charge in [0.15, 0.2) is 0 Å². The summed E-state index contributed by atoms with van der Waals surface area (Å²) in [5.74, 6) is 0. The zero-order valence-electron chi connectivity index (χ0n) is 12.0. The summed E-state index contributed by atoms with van der Waals surface area (Å²) in [6, 6.07) is 11.9. The van der Waals surface area contributed by atoms with E-state index in [9.17, 15) is 0 Å². The van der Waals surface area contributed by atoms with Crippen LogP contribution in [0.25, 0.3) is 5.70 Å². The molecule has 114 valence electrons. The Bertz CT molecular complexity index is 758. The predicted molar refractivity (Wildman–Crippen MR) is 98.4 cm³/mol. The molecule has 3 rings (SSSR count). The van der Waals surface area contributed by atoms with Crippen LogP contribution in [-0.2, 0) is 6.54 Å². The fraction of sp³-hybridized carbons (Fsp3) is 0.176. The summed E-state index contributed by atoms with van der Waals surface area (Å²) >= 11 is 16.1. The maximum Gasteiger partial charge on any atom is 0.0642 e. The molecule has 1 unspecified atom stereocenters. The van der Waals surface area contributed by atoms with Gasteiger partial charge in [0.2, 0.25) is 0 Å². The molecule has 1 aliphatic heterocycles. The Hall–Kier alpha value is -1.16. The number of halogens is 3. The van der Waals surface area contributed by atoms with Crippen LogP contribution in [0.3, 0.4) is 0 Å². The maximum atomic E-state index is 6.35. The van der Waals surface area contributed by atoms with Crippen molar-refractivity contribution in [3.63, 3.8) is 0 Å². The van der Waals surface area contributed by atoms with E-state index in [0.717, 1.165) is 27.0 Å². The Morgan fingerprint density at radius 3 is 2.68 bits per heavy atom. The van der Waals surface area contributed by atoms with Gasteiger partial charge in [0.1, 0.15) is 0 Å². The lowest BCUT2D eigenvalue weighted by Gasteiger charge is -2.36. The van der Waals surface area contributed by atoms with Crippen LogP contribution in [0.4, 0.5) is 5.69 Å². The van der Waals surface area contributed by atoms with Crippen molar-refractivity contribution >= 4 is 50.5 Å². The largest absolute Gasteiger partial charge is 0.398 e. The molecule has 0 radical (unpaired) electrons. The van der Waals surface area contributed by atoms with E-state index >= 15 is 0 Å². The van der Waals surface area contributed by atoms with Crippen molar-refractivity contribution in [3.8, 4) is 0 Å². The molecule has 5 heteroatoms. The van der Waals surface area contributed by atoms with E-state index in [0.29, 0.717) is 16.6 Å². The molecule has 0 spiro atoms. The van der Waals surface area contributed by atoms with Gasteiger partial charge in [0.25, 0.3) is 0 Å². The molecule has 0 aliphatic carbocycles. The van der Waals surface area contributed by atoms with E-state index in [4.69, 9.17) is 28.9 Å². The Kier molecular flexibility index (Phi) is 4.40. The van der Waals surface area contributed by atoms with Crippen LogP contribution in [0.1, 0.15) is 18.1 Å². The first kappa shape index (κ1) is 15.7. The van der Waals surface area contributed by atoms with Crippen LogP contribution in [0.15, 0.2) is 46.9 Å². The second kappa shape index (κ2) is 6.15. The van der Waals surface area contributed by atoms with E-state index < -0.39 is 0 Å². The summed E-state index contributed by atoms with van der Waals surface area (Å²) in [6.45, 7) is 2.79. The lowest BCUT2D eigenvalue weighted by atomic mass is 10.00. The third-order valence-corrected chi connectivity index (χ3v) is 5.37. The van der Waals surface area contributed by atoms with E-state index in [2.05, 4.69) is 33.8 Å². The number of rotatable bonds is 2. The van der Waals surface area contributed by atoms with E-state index in [1.54, 1.807) is 6.07 Å². The quantitative estimate of drug-likeness (QED) is 0.728. The van der Waals surface area contributed by atoms with Crippen LogP contribution in [0.5, 0.6) is 0 Å². The molecular weight excluding hydrogens is 383 g/mol. The zero-order chi connectivity index (χ0) is 15.9. The van der Waals surface area contributed by atoms with Gasteiger partial charge in [-0.25, -0.2) is 0 Å². The molecular formula is C17H15BrCl2N2. The number of hydrogen-bond acceptors (Lipinski definition) is 2. The summed E-state index contributed by atoms with van der Waals surface area (Å²) in [5, 5.41) is 1.18. The third-order valence-electron chi connectivity index (χ3n) is 3.87. The number of anilines is 1. The lowest BCUT2D eigenvalue weighted by molar-refractivity contribution is 0.723. The van der Waals surface area contributed by atoms with Crippen molar-refractivity contribution in [2.24, 2.45) is 5.73 Å². The Morgan fingerprint density at radius 2 is 1.91 bits per heavy atom. The first-order valence-electron chi connectivity index (χ1n) is 6.94. The number of nitrogens with zero attached hydrogens (tertiary/aromatic N) is 1. The Labute approximate surface area is 148 Å². The normalized spacial score (nSPS) is 17.2. The fourth-order valence-corrected chi connectivity index (χ4v) is 3.73. The molecule has 0 saturated carbocycles. The smallest absolute Gasteiger partial charge is 0.0642 e. The summed E-state index contributed by atoms with van der Waals surface area (Å²) in [4.78, 5) is 2.27. The number of benzene rings is 2. The summed E-state index contributed by atoms with van der Waals surface area (Å²) in [7, 11) is 0. The molecule has 1 aliphatic rings. The van der Waals surface area contributed by atoms with Gasteiger partial charge in [-0.1, -0.05) is 47.5 Å². The van der Waals surface area contributed by atoms with Gasteiger partial charge in [-0.3, -0.25) is 0 Å². The van der Waals surface area contributed by atoms with Crippen molar-refractivity contribution in [3.05, 3.63) is 68.1 Å². The van der Waals surface area contributed by atoms with Crippen molar-refractivity contribution in [1.29, 1.82) is 0 Å². The standard InChI is InChI=1S/C17H15BrCl2N2/c1-10-8-15(21)12-5-3-6-13(18)17(12)22(10)9-11-4-2-7-14(19)16(11)20/h2-8,10H,9,21H2,1H3. The minimum Gasteiger partial charge on any atom is -0.398 e. The molecule has 0 amide bonds. The number of para-hydroxylation sites is 1. The molecule has 0 bridgehead atoms. The first-order chi connectivity index (χ1) is 10.5. The highest BCUT2D eigenvalue weighted by Crippen LogP contribution is 2.39. The zero-order valence-corrected chi connectivity index (χ0v) is 15.1. The first-order valence-corrected chi connectivity index (χ1v) is 8.49. The second-order valence-electron chi connectivity index (χ2n) is 5.34. The summed E-state index contributed by atoms with van der Waals surface area (Å²) in [5.41, 5.74) is 10.1. The minimum absolute atomic E-state index is 0.168. The monoisotopic (exact) mass is 396 g/mol. The fourth-order valence-electron chi connectivity index (χ4n) is 2.76. The van der Waals surface area contributed by atoms with Gasteiger partial charge < -0.3 is 10.6 Å². The van der Waals surface area contributed by atoms with Crippen molar-refractivity contribution < 1.29 is 0 Å². The van der Waals surface area contributed by atoms with Gasteiger partial charge in [0, 0.05) is 28.3 Å². The average Bonchev–Trinajstić information content (AvgIpc) is 2.48. The van der Waals surface area contributed by atoms with E-state index in [1.165, 1.54) is 0 Å². The van der Waals surface area contributed by atoms with Crippen molar-refractivity contribution in [2.75, 3.05) is 4.90 Å². The molecule has 2 aromatic carbocycles. The van der Waals surface area contributed by atoms with E-state index in [1.807, 2.05) is 30.3 Å². The van der Waals surface area contributed by atoms with Crippen LogP contribution >= 0.6 is 39.1 Å². The summed E-state index contributed by atoms with van der Waals surface area (Å²) in [6.07, 6.45) is 2.06. The van der Waals surface area contributed by atoms with Gasteiger partial charge in [0.05, 0.1) is 15.7 Å². The van der Waals surface area contributed by atoms with Crippen LogP contribution in [0, 0.1) is 0 Å². The van der Waals surface area contributed by atoms with Gasteiger partial charge in [-0.05, 0) is 46.6 Å². The second-order valence-corrected chi connectivity index (χ2v) is 6.98. The number of hydrogen-bond donors (Lipinski definition) is 1. The molecule has 1 heterocycles. The maximum absolute atomic E-state index is 6.35. The predicted octanol–water partition coefficient (Wildman–Crippen LogP) is 5.46. The third kappa shape index (κ3) is 2.73. The molecule has 2 N–H and O–H groups in total. The minimum atomic E-state index is 0.168. The van der Waals surface area contributed by atoms with Crippen LogP contribution in [0.2, 0.25) is 10.0 Å². The Balaban J connectivity index is 2.06. The van der Waals surface area contributed by atoms with Crippen LogP contribution < -0.4 is 10.6 Å². The van der Waals surface area contributed by atoms with Crippen LogP contribution in [-0.4, -0.2) is 6.04 Å². The highest BCUT2D eigenvalue weighted by molar-refractivity contribution is 9.10. The topological polar surface area (TPSA) is 29.3 Å². The van der Waals surface area contributed by atoms with Gasteiger partial charge in [-0.2, -0.15) is 0 Å². The van der Waals surface area contributed by atoms with Gasteiger partial charge in [-0.15, -0.1) is 0 Å². The highest BCUT2D eigenvalue weighted by Gasteiger charge is 2.25. The summed E-state index contributed by atoms with van der Waals surface area (Å²) < 4.78 is 1.02. The van der Waals surface area contributed by atoms with E-state index in [-0.39, 0.29) is 6.04 Å². The molecule has 0 fully saturated rings. The van der Waals surface area contributed by atoms with Gasteiger partial charge >= 0.3 is 0 Å². The number of nitrogens with two attached hydrogens (primary N) is 1. The molecule has 2 nitrogen and oxygen atoms in total. The molecule has 1 atom stereocenters. The molecule has 0 saturated heterocycles. The molecule has 22 heavy (non-hydrogen) atoms. The lowest BCUT2D eigenvalue weighted by Crippen LogP contribution is -2.35. The van der Waals surface area contributed by atoms with Crippen molar-refractivity contribution in [2.45, 2.75) is 19.5 Å². The molecule has 0 aromatic heterocycles. The average molecular weight is 398 g/mol. The van der Waals surface area contributed by atoms with Crippen molar-refractivity contribution in [1.82, 2.24) is 0 Å². The SMILES string of the molecule is CC1C=C(N)c2cccc(Br)c2N1Cc1cccc(Cl)c1Cl.